The molecule has 0 saturated carbocycles. The summed E-state index contributed by atoms with van der Waals surface area (Å²) in [4.78, 5) is 36.7. The largest absolute Gasteiger partial charge is 0.373 e. The van der Waals surface area contributed by atoms with Gasteiger partial charge in [-0.05, 0) is 44.4 Å². The molecule has 23 heavy (non-hydrogen) atoms. The van der Waals surface area contributed by atoms with Crippen molar-refractivity contribution in [2.75, 3.05) is 6.54 Å². The normalized spacial score (nSPS) is 11.0. The zero-order valence-corrected chi connectivity index (χ0v) is 14.3. The zero-order valence-electron chi connectivity index (χ0n) is 14.3. The summed E-state index contributed by atoms with van der Waals surface area (Å²) in [6.45, 7) is 9.31. The molecule has 0 atom stereocenters. The lowest BCUT2D eigenvalue weighted by Gasteiger charge is -1.92. The molecule has 0 aromatic carbocycles. The van der Waals surface area contributed by atoms with Crippen molar-refractivity contribution < 1.29 is 19.2 Å². The Hall–Kier alpha value is -2.62. The van der Waals surface area contributed by atoms with E-state index < -0.39 is 0 Å². The second-order valence-electron chi connectivity index (χ2n) is 4.53. The van der Waals surface area contributed by atoms with Crippen LogP contribution in [-0.4, -0.2) is 34.3 Å². The van der Waals surface area contributed by atoms with Crippen LogP contribution >= 0.6 is 0 Å². The number of aliphatic imine (C=N–C) groups is 1. The van der Waals surface area contributed by atoms with Gasteiger partial charge in [-0.25, -0.2) is 0 Å². The van der Waals surface area contributed by atoms with Crippen LogP contribution in [0.25, 0.3) is 0 Å². The molecule has 1 aliphatic rings. The minimum atomic E-state index is 0.250. The van der Waals surface area contributed by atoms with Crippen LogP contribution in [0, 0.1) is 6.92 Å². The topological polar surface area (TPSA) is 98.5 Å². The molecule has 1 aromatic heterocycles. The number of aromatic nitrogens is 2. The standard InChI is InChI=1S/C7H12N2.C7H11N.2CO2/c1-4-7-5-6(2)8-9(7)3;1-3-7-4-6(2)8-5-7;2*2-1-3/h5H,4H2,1-3H3;4H,3,5H2,1-2H3;;. The fraction of sp³-hybridized carbons (Fsp3) is 0.500. The first kappa shape index (κ1) is 22.7. The number of nitrogens with zero attached hydrogens (tertiary/aromatic N) is 3. The van der Waals surface area contributed by atoms with Crippen LogP contribution in [0.1, 0.15) is 38.6 Å². The first-order valence-corrected chi connectivity index (χ1v) is 7.08. The molecule has 0 bridgehead atoms. The Morgan fingerprint density at radius 2 is 1.61 bits per heavy atom. The lowest BCUT2D eigenvalue weighted by Crippen LogP contribution is -1.95. The summed E-state index contributed by atoms with van der Waals surface area (Å²) < 4.78 is 1.93. The lowest BCUT2D eigenvalue weighted by atomic mass is 10.2. The Kier molecular flexibility index (Phi) is 14.1. The van der Waals surface area contributed by atoms with Crippen LogP contribution in [0.2, 0.25) is 0 Å². The number of rotatable bonds is 2. The minimum Gasteiger partial charge on any atom is -0.286 e. The fourth-order valence-electron chi connectivity index (χ4n) is 1.82. The van der Waals surface area contributed by atoms with E-state index in [4.69, 9.17) is 19.2 Å². The molecule has 0 radical (unpaired) electrons. The van der Waals surface area contributed by atoms with Crippen LogP contribution in [0.3, 0.4) is 0 Å². The van der Waals surface area contributed by atoms with Crippen molar-refractivity contribution in [3.63, 3.8) is 0 Å². The summed E-state index contributed by atoms with van der Waals surface area (Å²) >= 11 is 0. The van der Waals surface area contributed by atoms with Gasteiger partial charge >= 0.3 is 12.3 Å². The highest BCUT2D eigenvalue weighted by molar-refractivity contribution is 5.95. The molecule has 1 aliphatic heterocycles. The van der Waals surface area contributed by atoms with Gasteiger partial charge in [-0.3, -0.25) is 9.67 Å². The second-order valence-corrected chi connectivity index (χ2v) is 4.53. The van der Waals surface area contributed by atoms with E-state index in [1.807, 2.05) is 25.6 Å². The van der Waals surface area contributed by atoms with Crippen LogP contribution in [0.4, 0.5) is 0 Å². The van der Waals surface area contributed by atoms with Crippen molar-refractivity contribution in [1.82, 2.24) is 9.78 Å². The Bertz CT molecular complexity index is 576. The Morgan fingerprint density at radius 3 is 1.78 bits per heavy atom. The number of aryl methyl sites for hydroxylation is 3. The molecular weight excluding hydrogens is 298 g/mol. The maximum Gasteiger partial charge on any atom is 0.373 e. The van der Waals surface area contributed by atoms with E-state index in [1.165, 1.54) is 17.0 Å². The fourth-order valence-corrected chi connectivity index (χ4v) is 1.82. The molecule has 0 spiro atoms. The monoisotopic (exact) mass is 321 g/mol. The van der Waals surface area contributed by atoms with E-state index in [-0.39, 0.29) is 12.3 Å². The first-order valence-electron chi connectivity index (χ1n) is 7.08. The van der Waals surface area contributed by atoms with Crippen molar-refractivity contribution in [3.8, 4) is 0 Å². The van der Waals surface area contributed by atoms with Gasteiger partial charge in [-0.1, -0.05) is 13.8 Å². The van der Waals surface area contributed by atoms with Crippen molar-refractivity contribution in [2.45, 2.75) is 40.5 Å². The number of allylic oxidation sites excluding steroid dienone is 1. The van der Waals surface area contributed by atoms with Gasteiger partial charge in [-0.2, -0.15) is 24.3 Å². The van der Waals surface area contributed by atoms with E-state index in [0.717, 1.165) is 25.1 Å². The first-order chi connectivity index (χ1) is 10.9. The highest BCUT2D eigenvalue weighted by atomic mass is 16.2. The summed E-state index contributed by atoms with van der Waals surface area (Å²) in [5, 5.41) is 4.20. The number of hydrogen-bond acceptors (Lipinski definition) is 6. The molecule has 0 fully saturated rings. The van der Waals surface area contributed by atoms with Gasteiger partial charge in [0.1, 0.15) is 0 Å². The van der Waals surface area contributed by atoms with Gasteiger partial charge in [-0.15, -0.1) is 0 Å². The van der Waals surface area contributed by atoms with E-state index in [0.29, 0.717) is 0 Å². The molecule has 0 N–H and O–H groups in total. The van der Waals surface area contributed by atoms with Gasteiger partial charge in [0.05, 0.1) is 12.2 Å². The third kappa shape index (κ3) is 11.7. The summed E-state index contributed by atoms with van der Waals surface area (Å²) in [6.07, 6.45) is 4.89. The van der Waals surface area contributed by atoms with Crippen LogP contribution in [-0.2, 0) is 32.6 Å². The van der Waals surface area contributed by atoms with E-state index >= 15 is 0 Å². The van der Waals surface area contributed by atoms with Crippen molar-refractivity contribution >= 4 is 18.0 Å². The lowest BCUT2D eigenvalue weighted by molar-refractivity contribution is -0.193. The minimum absolute atomic E-state index is 0.250. The molecule has 1 aromatic rings. The molecule has 0 aliphatic carbocycles. The maximum atomic E-state index is 8.12. The average Bonchev–Trinajstić information content (AvgIpc) is 3.06. The summed E-state index contributed by atoms with van der Waals surface area (Å²) in [7, 11) is 1.98. The molecule has 7 heteroatoms. The third-order valence-electron chi connectivity index (χ3n) is 2.86. The van der Waals surface area contributed by atoms with Gasteiger partial charge in [0.15, 0.2) is 0 Å². The van der Waals surface area contributed by atoms with Gasteiger partial charge in [0.2, 0.25) is 0 Å². The van der Waals surface area contributed by atoms with Crippen molar-refractivity contribution in [2.24, 2.45) is 12.0 Å². The molecule has 0 saturated heterocycles. The number of hydrogen-bond donors (Lipinski definition) is 0. The molecule has 126 valence electrons. The highest BCUT2D eigenvalue weighted by Crippen LogP contribution is 2.07. The van der Waals surface area contributed by atoms with Crippen LogP contribution in [0.5, 0.6) is 0 Å². The molecule has 7 nitrogen and oxygen atoms in total. The molecular formula is C16H23N3O4. The molecule has 0 unspecified atom stereocenters. The third-order valence-corrected chi connectivity index (χ3v) is 2.86. The average molecular weight is 321 g/mol. The van der Waals surface area contributed by atoms with Crippen LogP contribution in [0.15, 0.2) is 22.7 Å². The highest BCUT2D eigenvalue weighted by Gasteiger charge is 1.99. The summed E-state index contributed by atoms with van der Waals surface area (Å²) in [5.41, 5.74) is 5.05. The van der Waals surface area contributed by atoms with Crippen molar-refractivity contribution in [3.05, 3.63) is 29.1 Å². The molecule has 0 amide bonds. The smallest absolute Gasteiger partial charge is 0.286 e. The predicted octanol–water partition coefficient (Wildman–Crippen LogP) is 1.92. The SMILES string of the molecule is CCC1=CC(C)=NC1.CCc1cc(C)nn1C.O=C=O.O=C=O. The molecule has 2 heterocycles. The summed E-state index contributed by atoms with van der Waals surface area (Å²) in [5.74, 6) is 0. The Morgan fingerprint density at radius 1 is 1.09 bits per heavy atom. The predicted molar refractivity (Wildman–Crippen MR) is 83.7 cm³/mol. The quantitative estimate of drug-likeness (QED) is 0.828. The van der Waals surface area contributed by atoms with Gasteiger partial charge in [0, 0.05) is 18.5 Å². The number of carbonyl (C=O) groups excluding carboxylic acids is 4. The Labute approximate surface area is 136 Å². The van der Waals surface area contributed by atoms with E-state index in [9.17, 15) is 0 Å². The summed E-state index contributed by atoms with van der Waals surface area (Å²) in [6, 6.07) is 2.11. The zero-order chi connectivity index (χ0) is 18.3. The second kappa shape index (κ2) is 14.3. The van der Waals surface area contributed by atoms with Gasteiger partial charge in [0.25, 0.3) is 0 Å². The van der Waals surface area contributed by atoms with Crippen molar-refractivity contribution in [1.29, 1.82) is 0 Å². The van der Waals surface area contributed by atoms with Gasteiger partial charge < -0.3 is 0 Å². The van der Waals surface area contributed by atoms with E-state index in [2.05, 4.69) is 36.1 Å². The van der Waals surface area contributed by atoms with E-state index in [1.54, 1.807) is 0 Å². The Balaban J connectivity index is 0. The maximum absolute atomic E-state index is 8.12. The molecule has 2 rings (SSSR count). The van der Waals surface area contributed by atoms with Crippen LogP contribution < -0.4 is 0 Å².